The monoisotopic (exact) mass is 400 g/mol. The molecule has 0 fully saturated rings. The van der Waals surface area contributed by atoms with Gasteiger partial charge in [-0.2, -0.15) is 5.10 Å². The maximum absolute atomic E-state index is 12.8. The third-order valence-corrected chi connectivity index (χ3v) is 6.33. The Morgan fingerprint density at radius 2 is 1.75 bits per heavy atom. The molecule has 8 nitrogen and oxygen atoms in total. The molecule has 146 valence electrons. The summed E-state index contributed by atoms with van der Waals surface area (Å²) in [5.74, 6) is -0.538. The lowest BCUT2D eigenvalue weighted by Gasteiger charge is -2.15. The van der Waals surface area contributed by atoms with E-state index >= 15 is 0 Å². The minimum absolute atomic E-state index is 0.0790. The molecular weight excluding hydrogens is 380 g/mol. The molecule has 1 aromatic heterocycles. The number of nitrogens with zero attached hydrogens (tertiary/aromatic N) is 3. The summed E-state index contributed by atoms with van der Waals surface area (Å²) in [6.07, 6.45) is 0. The maximum Gasteiger partial charge on any atom is 0.276 e. The van der Waals surface area contributed by atoms with E-state index in [1.54, 1.807) is 43.3 Å². The lowest BCUT2D eigenvalue weighted by Crippen LogP contribution is -2.26. The van der Waals surface area contributed by atoms with Crippen LogP contribution in [0.1, 0.15) is 16.1 Å². The van der Waals surface area contributed by atoms with E-state index < -0.39 is 15.9 Å². The number of hydrogen-bond acceptors (Lipinski definition) is 5. The first-order chi connectivity index (χ1) is 13.1. The molecule has 0 bridgehead atoms. The molecular formula is C19H20N4O4S. The van der Waals surface area contributed by atoms with Crippen LogP contribution in [0.5, 0.6) is 0 Å². The fourth-order valence-corrected chi connectivity index (χ4v) is 3.95. The third-order valence-electron chi connectivity index (χ3n) is 4.38. The second kappa shape index (κ2) is 7.17. The zero-order chi connectivity index (χ0) is 20.6. The van der Waals surface area contributed by atoms with Crippen LogP contribution in [0.2, 0.25) is 0 Å². The number of rotatable bonds is 4. The predicted molar refractivity (Wildman–Crippen MR) is 107 cm³/mol. The number of sulfonamides is 1. The number of aryl methyl sites for hydroxylation is 2. The van der Waals surface area contributed by atoms with Crippen molar-refractivity contribution < 1.29 is 13.2 Å². The van der Waals surface area contributed by atoms with Gasteiger partial charge in [-0.15, -0.1) is 0 Å². The molecule has 0 saturated carbocycles. The lowest BCUT2D eigenvalue weighted by molar-refractivity contribution is 0.102. The number of amides is 1. The Labute approximate surface area is 162 Å². The normalized spacial score (nSPS) is 11.8. The fourth-order valence-electron chi connectivity index (χ4n) is 2.81. The molecule has 1 amide bonds. The molecule has 0 unspecified atom stereocenters. The molecule has 0 atom stereocenters. The van der Waals surface area contributed by atoms with Crippen LogP contribution in [-0.2, 0) is 17.1 Å². The predicted octanol–water partition coefficient (Wildman–Crippen LogP) is 1.74. The third kappa shape index (κ3) is 3.41. The Kier molecular flexibility index (Phi) is 5.05. The van der Waals surface area contributed by atoms with Crippen LogP contribution in [0.3, 0.4) is 0 Å². The molecule has 1 N–H and O–H groups in total. The number of aromatic nitrogens is 2. The second-order valence-electron chi connectivity index (χ2n) is 6.54. The summed E-state index contributed by atoms with van der Waals surface area (Å²) in [5.41, 5.74) is 0.658. The summed E-state index contributed by atoms with van der Waals surface area (Å²) in [6, 6.07) is 11.4. The average molecular weight is 400 g/mol. The van der Waals surface area contributed by atoms with Crippen molar-refractivity contribution in [1.82, 2.24) is 14.1 Å². The summed E-state index contributed by atoms with van der Waals surface area (Å²) >= 11 is 0. The molecule has 3 aromatic rings. The highest BCUT2D eigenvalue weighted by atomic mass is 32.2. The topological polar surface area (TPSA) is 101 Å². The molecule has 0 spiro atoms. The SMILES string of the molecule is Cc1ccc(NC(=O)c2nn(C)c(=O)c3ccccc23)cc1S(=O)(=O)N(C)C. The maximum atomic E-state index is 12.8. The molecule has 2 aromatic carbocycles. The summed E-state index contributed by atoms with van der Waals surface area (Å²) in [5, 5.41) is 7.56. The van der Waals surface area contributed by atoms with Crippen LogP contribution >= 0.6 is 0 Å². The van der Waals surface area contributed by atoms with E-state index in [9.17, 15) is 18.0 Å². The summed E-state index contributed by atoms with van der Waals surface area (Å²) < 4.78 is 27.2. The Hall–Kier alpha value is -3.04. The molecule has 0 aliphatic rings. The van der Waals surface area contributed by atoms with Gasteiger partial charge < -0.3 is 5.32 Å². The van der Waals surface area contributed by atoms with Gasteiger partial charge in [-0.3, -0.25) is 9.59 Å². The molecule has 0 saturated heterocycles. The van der Waals surface area contributed by atoms with Crippen LogP contribution in [-0.4, -0.2) is 42.5 Å². The first-order valence-corrected chi connectivity index (χ1v) is 9.87. The van der Waals surface area contributed by atoms with Gasteiger partial charge in [-0.1, -0.05) is 24.3 Å². The lowest BCUT2D eigenvalue weighted by atomic mass is 10.1. The van der Waals surface area contributed by atoms with Crippen molar-refractivity contribution >= 4 is 32.4 Å². The Morgan fingerprint density at radius 3 is 2.39 bits per heavy atom. The average Bonchev–Trinajstić information content (AvgIpc) is 2.65. The summed E-state index contributed by atoms with van der Waals surface area (Å²) in [6.45, 7) is 1.68. The standard InChI is InChI=1S/C19H20N4O4S/c1-12-9-10-13(11-16(12)28(26,27)22(2)3)20-18(24)17-14-7-5-6-8-15(14)19(25)23(4)21-17/h5-11H,1-4H3,(H,20,24). The van der Waals surface area contributed by atoms with E-state index in [2.05, 4.69) is 10.4 Å². The van der Waals surface area contributed by atoms with Gasteiger partial charge in [0.05, 0.1) is 10.3 Å². The van der Waals surface area contributed by atoms with Gasteiger partial charge in [-0.25, -0.2) is 17.4 Å². The van der Waals surface area contributed by atoms with Gasteiger partial charge in [-0.05, 0) is 30.7 Å². The van der Waals surface area contributed by atoms with Gasteiger partial charge in [0.1, 0.15) is 0 Å². The minimum Gasteiger partial charge on any atom is -0.321 e. The van der Waals surface area contributed by atoms with E-state index in [0.29, 0.717) is 22.0 Å². The Bertz CT molecular complexity index is 1250. The van der Waals surface area contributed by atoms with Crippen LogP contribution in [0.4, 0.5) is 5.69 Å². The number of fused-ring (bicyclic) bond motifs is 1. The molecule has 0 radical (unpaired) electrons. The smallest absolute Gasteiger partial charge is 0.276 e. The van der Waals surface area contributed by atoms with Crippen molar-refractivity contribution in [3.63, 3.8) is 0 Å². The summed E-state index contributed by atoms with van der Waals surface area (Å²) in [7, 11) is 0.705. The minimum atomic E-state index is -3.66. The molecule has 9 heteroatoms. The molecule has 0 aliphatic heterocycles. The zero-order valence-corrected chi connectivity index (χ0v) is 16.7. The van der Waals surface area contributed by atoms with Crippen molar-refractivity contribution in [2.24, 2.45) is 7.05 Å². The van der Waals surface area contributed by atoms with Crippen molar-refractivity contribution in [1.29, 1.82) is 0 Å². The first-order valence-electron chi connectivity index (χ1n) is 8.43. The van der Waals surface area contributed by atoms with Crippen LogP contribution in [0, 0.1) is 6.92 Å². The van der Waals surface area contributed by atoms with Gasteiger partial charge in [0.25, 0.3) is 11.5 Å². The molecule has 0 aliphatic carbocycles. The quantitative estimate of drug-likeness (QED) is 0.719. The zero-order valence-electron chi connectivity index (χ0n) is 15.9. The van der Waals surface area contributed by atoms with E-state index in [1.807, 2.05) is 0 Å². The van der Waals surface area contributed by atoms with Crippen LogP contribution < -0.4 is 10.9 Å². The molecule has 3 rings (SSSR count). The van der Waals surface area contributed by atoms with E-state index in [0.717, 1.165) is 8.99 Å². The van der Waals surface area contributed by atoms with Crippen molar-refractivity contribution in [2.75, 3.05) is 19.4 Å². The molecule has 28 heavy (non-hydrogen) atoms. The fraction of sp³-hybridized carbons (Fsp3) is 0.211. The molecule has 1 heterocycles. The van der Waals surface area contributed by atoms with E-state index in [-0.39, 0.29) is 16.1 Å². The number of nitrogens with one attached hydrogen (secondary N) is 1. The van der Waals surface area contributed by atoms with Crippen molar-refractivity contribution in [2.45, 2.75) is 11.8 Å². The van der Waals surface area contributed by atoms with E-state index in [1.165, 1.54) is 27.2 Å². The number of benzene rings is 2. The number of anilines is 1. The second-order valence-corrected chi connectivity index (χ2v) is 8.67. The van der Waals surface area contributed by atoms with Gasteiger partial charge in [0, 0.05) is 32.2 Å². The van der Waals surface area contributed by atoms with Crippen molar-refractivity contribution in [3.05, 3.63) is 64.1 Å². The van der Waals surface area contributed by atoms with Gasteiger partial charge in [0.2, 0.25) is 10.0 Å². The van der Waals surface area contributed by atoms with Gasteiger partial charge in [0.15, 0.2) is 5.69 Å². The largest absolute Gasteiger partial charge is 0.321 e. The van der Waals surface area contributed by atoms with Crippen LogP contribution in [0.15, 0.2) is 52.2 Å². The highest BCUT2D eigenvalue weighted by Crippen LogP contribution is 2.23. The number of carbonyl (C=O) groups is 1. The Balaban J connectivity index is 2.05. The van der Waals surface area contributed by atoms with Crippen LogP contribution in [0.25, 0.3) is 10.8 Å². The van der Waals surface area contributed by atoms with Gasteiger partial charge >= 0.3 is 0 Å². The summed E-state index contributed by atoms with van der Waals surface area (Å²) in [4.78, 5) is 25.1. The van der Waals surface area contributed by atoms with Crippen molar-refractivity contribution in [3.8, 4) is 0 Å². The highest BCUT2D eigenvalue weighted by molar-refractivity contribution is 7.89. The Morgan fingerprint density at radius 1 is 1.11 bits per heavy atom. The van der Waals surface area contributed by atoms with E-state index in [4.69, 9.17) is 0 Å². The number of carbonyl (C=O) groups excluding carboxylic acids is 1. The first kappa shape index (κ1) is 19.7. The highest BCUT2D eigenvalue weighted by Gasteiger charge is 2.21. The number of hydrogen-bond donors (Lipinski definition) is 1.